The lowest BCUT2D eigenvalue weighted by Crippen LogP contribution is -2.44. The first-order chi connectivity index (χ1) is 18.6. The van der Waals surface area contributed by atoms with E-state index < -0.39 is 0 Å². The molecule has 8 nitrogen and oxygen atoms in total. The summed E-state index contributed by atoms with van der Waals surface area (Å²) < 4.78 is 13.7. The van der Waals surface area contributed by atoms with Gasteiger partial charge in [0.1, 0.15) is 22.8 Å². The average Bonchev–Trinajstić information content (AvgIpc) is 3.55. The Morgan fingerprint density at radius 2 is 2.03 bits per heavy atom. The van der Waals surface area contributed by atoms with Crippen LogP contribution in [-0.2, 0) is 6.54 Å². The second kappa shape index (κ2) is 10.2. The maximum absolute atomic E-state index is 13.7. The number of hydrogen-bond acceptors (Lipinski definition) is 7. The minimum absolute atomic E-state index is 0.0850. The number of rotatable bonds is 6. The van der Waals surface area contributed by atoms with Gasteiger partial charge in [-0.3, -0.25) is 9.69 Å². The van der Waals surface area contributed by atoms with Gasteiger partial charge in [-0.2, -0.15) is 5.26 Å². The van der Waals surface area contributed by atoms with Crippen molar-refractivity contribution in [2.45, 2.75) is 25.4 Å². The number of carbonyl (C=O) groups excluding carboxylic acids is 1. The molecule has 3 N–H and O–H groups in total. The van der Waals surface area contributed by atoms with Crippen LogP contribution in [0.15, 0.2) is 61.1 Å². The van der Waals surface area contributed by atoms with Crippen molar-refractivity contribution < 1.29 is 9.18 Å². The van der Waals surface area contributed by atoms with E-state index in [2.05, 4.69) is 36.6 Å². The number of likely N-dealkylation sites (tertiary alicyclic amines) is 1. The number of anilines is 2. The molecule has 10 heteroatoms. The predicted molar refractivity (Wildman–Crippen MR) is 146 cm³/mol. The zero-order valence-electron chi connectivity index (χ0n) is 20.4. The number of fused-ring (bicyclic) bond motifs is 2. The molecule has 0 spiro atoms. The zero-order chi connectivity index (χ0) is 26.1. The highest BCUT2D eigenvalue weighted by Gasteiger charge is 2.23. The first-order valence-corrected chi connectivity index (χ1v) is 13.2. The normalized spacial score (nSPS) is 14.5. The van der Waals surface area contributed by atoms with E-state index in [0.29, 0.717) is 21.1 Å². The van der Waals surface area contributed by atoms with Crippen LogP contribution in [0.5, 0.6) is 0 Å². The Morgan fingerprint density at radius 1 is 1.16 bits per heavy atom. The number of carbonyl (C=O) groups is 1. The Kier molecular flexibility index (Phi) is 6.45. The standard InChI is InChI=1S/C28H24FN7OS/c29-19-4-5-24-22(11-19)18(14-31-24)15-36-8-6-20(7-9-36)35-27(37)25-12-23-26(32-16-33-28(23)38-25)34-21-3-1-2-17(10-21)13-30/h1-5,10-12,14,16,20,31H,6-9,15H2,(H,35,37)(H,32,33,34). The highest BCUT2D eigenvalue weighted by molar-refractivity contribution is 7.20. The topological polar surface area (TPSA) is 110 Å². The number of aromatic nitrogens is 3. The number of nitrogens with zero attached hydrogens (tertiary/aromatic N) is 4. The van der Waals surface area contributed by atoms with E-state index in [-0.39, 0.29) is 17.8 Å². The van der Waals surface area contributed by atoms with Crippen molar-refractivity contribution in [3.8, 4) is 6.07 Å². The fourth-order valence-electron chi connectivity index (χ4n) is 4.88. The summed E-state index contributed by atoms with van der Waals surface area (Å²) in [5.41, 5.74) is 3.31. The summed E-state index contributed by atoms with van der Waals surface area (Å²) in [5.74, 6) is 0.241. The van der Waals surface area contributed by atoms with Crippen molar-refractivity contribution in [2.75, 3.05) is 18.4 Å². The highest BCUT2D eigenvalue weighted by atomic mass is 32.1. The minimum Gasteiger partial charge on any atom is -0.361 e. The lowest BCUT2D eigenvalue weighted by Gasteiger charge is -2.32. The van der Waals surface area contributed by atoms with E-state index in [1.54, 1.807) is 30.3 Å². The van der Waals surface area contributed by atoms with Crippen molar-refractivity contribution in [1.29, 1.82) is 5.26 Å². The summed E-state index contributed by atoms with van der Waals surface area (Å²) in [5, 5.41) is 17.2. The van der Waals surface area contributed by atoms with Crippen molar-refractivity contribution in [3.63, 3.8) is 0 Å². The summed E-state index contributed by atoms with van der Waals surface area (Å²) in [7, 11) is 0. The number of thiophene rings is 1. The van der Waals surface area contributed by atoms with Crippen molar-refractivity contribution >= 4 is 49.9 Å². The fraction of sp³-hybridized carbons (Fsp3) is 0.214. The van der Waals surface area contributed by atoms with E-state index in [0.717, 1.165) is 60.0 Å². The molecule has 190 valence electrons. The number of piperidine rings is 1. The lowest BCUT2D eigenvalue weighted by molar-refractivity contribution is 0.0913. The van der Waals surface area contributed by atoms with Crippen LogP contribution in [0, 0.1) is 17.1 Å². The third-order valence-corrected chi connectivity index (χ3v) is 7.90. The van der Waals surface area contributed by atoms with Gasteiger partial charge in [-0.05, 0) is 60.9 Å². The second-order valence-electron chi connectivity index (χ2n) is 9.40. The highest BCUT2D eigenvalue weighted by Crippen LogP contribution is 2.30. The molecular formula is C28H24FN7OS. The molecule has 38 heavy (non-hydrogen) atoms. The molecule has 0 atom stereocenters. The number of hydrogen-bond donors (Lipinski definition) is 3. The van der Waals surface area contributed by atoms with E-state index in [4.69, 9.17) is 5.26 Å². The van der Waals surface area contributed by atoms with E-state index in [9.17, 15) is 9.18 Å². The lowest BCUT2D eigenvalue weighted by atomic mass is 10.0. The molecule has 1 aliphatic heterocycles. The van der Waals surface area contributed by atoms with E-state index in [1.165, 1.54) is 23.7 Å². The molecule has 0 radical (unpaired) electrons. The largest absolute Gasteiger partial charge is 0.361 e. The van der Waals surface area contributed by atoms with Crippen molar-refractivity contribution in [3.05, 3.63) is 82.9 Å². The molecule has 5 aromatic rings. The number of H-pyrrole nitrogens is 1. The Balaban J connectivity index is 1.09. The molecule has 1 saturated heterocycles. The third-order valence-electron chi connectivity index (χ3n) is 6.85. The molecule has 0 aliphatic carbocycles. The SMILES string of the molecule is N#Cc1cccc(Nc2ncnc3sc(C(=O)NC4CCN(Cc5c[nH]c6ccc(F)cc56)CC4)cc23)c1. The maximum atomic E-state index is 13.7. The van der Waals surface area contributed by atoms with Crippen LogP contribution in [0.2, 0.25) is 0 Å². The van der Waals surface area contributed by atoms with Gasteiger partial charge in [0.2, 0.25) is 0 Å². The van der Waals surface area contributed by atoms with Crippen LogP contribution in [0.3, 0.4) is 0 Å². The molecule has 0 unspecified atom stereocenters. The van der Waals surface area contributed by atoms with Gasteiger partial charge < -0.3 is 15.6 Å². The van der Waals surface area contributed by atoms with Gasteiger partial charge in [-0.1, -0.05) is 6.07 Å². The molecule has 3 aromatic heterocycles. The number of aromatic amines is 1. The summed E-state index contributed by atoms with van der Waals surface area (Å²) >= 11 is 1.33. The van der Waals surface area contributed by atoms with E-state index >= 15 is 0 Å². The first kappa shape index (κ1) is 24.0. The van der Waals surface area contributed by atoms with E-state index in [1.807, 2.05) is 18.3 Å². The minimum atomic E-state index is -0.233. The van der Waals surface area contributed by atoms with Gasteiger partial charge in [0.05, 0.1) is 21.9 Å². The Morgan fingerprint density at radius 3 is 2.87 bits per heavy atom. The molecule has 1 fully saturated rings. The van der Waals surface area contributed by atoms with Gasteiger partial charge >= 0.3 is 0 Å². The number of nitriles is 1. The smallest absolute Gasteiger partial charge is 0.261 e. The van der Waals surface area contributed by atoms with Gasteiger partial charge in [-0.25, -0.2) is 14.4 Å². The molecule has 2 aromatic carbocycles. The molecule has 0 bridgehead atoms. The Bertz CT molecular complexity index is 1680. The monoisotopic (exact) mass is 525 g/mol. The Labute approximate surface area is 222 Å². The Hall–Kier alpha value is -4.33. The van der Waals surface area contributed by atoms with Crippen molar-refractivity contribution in [2.24, 2.45) is 0 Å². The number of amides is 1. The van der Waals surface area contributed by atoms with Gasteiger partial charge in [0, 0.05) is 48.5 Å². The quantitative estimate of drug-likeness (QED) is 0.277. The third kappa shape index (κ3) is 4.94. The summed E-state index contributed by atoms with van der Waals surface area (Å²) in [6.45, 7) is 2.44. The van der Waals surface area contributed by atoms with Crippen LogP contribution < -0.4 is 10.6 Å². The van der Waals surface area contributed by atoms with Crippen LogP contribution in [-0.4, -0.2) is 44.9 Å². The summed E-state index contributed by atoms with van der Waals surface area (Å²) in [6, 6.07) is 16.0. The van der Waals surface area contributed by atoms with Gasteiger partial charge in [0.15, 0.2) is 0 Å². The number of halogens is 1. The number of nitrogens with one attached hydrogen (secondary N) is 3. The second-order valence-corrected chi connectivity index (χ2v) is 10.4. The van der Waals surface area contributed by atoms with Crippen LogP contribution in [0.25, 0.3) is 21.1 Å². The predicted octanol–water partition coefficient (Wildman–Crippen LogP) is 5.32. The molecule has 0 saturated carbocycles. The van der Waals surface area contributed by atoms with Gasteiger partial charge in [-0.15, -0.1) is 11.3 Å². The molecule has 6 rings (SSSR count). The first-order valence-electron chi connectivity index (χ1n) is 12.4. The van der Waals surface area contributed by atoms with Crippen LogP contribution in [0.4, 0.5) is 15.9 Å². The van der Waals surface area contributed by atoms with Gasteiger partial charge in [0.25, 0.3) is 5.91 Å². The molecule has 1 aliphatic rings. The molecule has 1 amide bonds. The van der Waals surface area contributed by atoms with Crippen LogP contribution in [0.1, 0.15) is 33.6 Å². The molecular weight excluding hydrogens is 501 g/mol. The average molecular weight is 526 g/mol. The van der Waals surface area contributed by atoms with Crippen molar-refractivity contribution in [1.82, 2.24) is 25.2 Å². The molecule has 4 heterocycles. The zero-order valence-corrected chi connectivity index (χ0v) is 21.2. The summed E-state index contributed by atoms with van der Waals surface area (Å²) in [4.78, 5) is 28.6. The fourth-order valence-corrected chi connectivity index (χ4v) is 5.79. The summed E-state index contributed by atoms with van der Waals surface area (Å²) in [6.07, 6.45) is 5.10. The number of benzene rings is 2. The van der Waals surface area contributed by atoms with Crippen LogP contribution >= 0.6 is 11.3 Å². The maximum Gasteiger partial charge on any atom is 0.261 e.